The van der Waals surface area contributed by atoms with Gasteiger partial charge in [0.25, 0.3) is 0 Å². The van der Waals surface area contributed by atoms with Gasteiger partial charge >= 0.3 is 0 Å². The Hall–Kier alpha value is -1.02. The molecule has 0 amide bonds. The molecule has 2 atom stereocenters. The molecule has 2 N–H and O–H groups in total. The molecule has 2 unspecified atom stereocenters. The summed E-state index contributed by atoms with van der Waals surface area (Å²) in [4.78, 5) is 0. The van der Waals surface area contributed by atoms with E-state index in [2.05, 4.69) is 74.4 Å². The van der Waals surface area contributed by atoms with Crippen LogP contribution in [-0.2, 0) is 35.2 Å². The first kappa shape index (κ1) is 35.5. The van der Waals surface area contributed by atoms with Crippen molar-refractivity contribution in [3.8, 4) is 0 Å². The molecule has 3 rings (SSSR count). The van der Waals surface area contributed by atoms with Gasteiger partial charge in [0.2, 0.25) is 0 Å². The Morgan fingerprint density at radius 3 is 1.40 bits per heavy atom. The lowest BCUT2D eigenvalue weighted by Gasteiger charge is -2.54. The number of aliphatic hydroxyl groups is 2. The van der Waals surface area contributed by atoms with Gasteiger partial charge in [-0.25, -0.2) is 0 Å². The molecular formula is C36H62O6. The van der Waals surface area contributed by atoms with E-state index in [9.17, 15) is 10.2 Å². The predicted molar refractivity (Wildman–Crippen MR) is 170 cm³/mol. The van der Waals surface area contributed by atoms with E-state index in [0.717, 1.165) is 19.3 Å². The zero-order valence-corrected chi connectivity index (χ0v) is 29.1. The molecular weight excluding hydrogens is 528 g/mol. The Bertz CT molecular complexity index is 1020. The summed E-state index contributed by atoms with van der Waals surface area (Å²) in [7, 11) is 0. The van der Waals surface area contributed by atoms with Crippen LogP contribution in [0.15, 0.2) is 12.1 Å². The molecule has 2 aliphatic heterocycles. The van der Waals surface area contributed by atoms with Crippen molar-refractivity contribution in [1.82, 2.24) is 0 Å². The van der Waals surface area contributed by atoms with Crippen LogP contribution in [0.4, 0.5) is 0 Å². The number of rotatable bonds is 11. The maximum Gasteiger partial charge on any atom is 0.165 e. The fraction of sp³-hybridized carbons (Fsp3) is 0.833. The standard InChI is InChI=1S/C36H62O6/c1-14-31(4,5)24-17-25(32(6,7)15-2)27(26(18-24)33(8,9)16-3)28-36(23-41-30(42-28)35(12,13)20-38)21-39-29(40-22-36)34(10,11)19-37/h17-18,28-30,37-38H,14-16,19-23H2,1-13H3. The van der Waals surface area contributed by atoms with Crippen molar-refractivity contribution in [3.05, 3.63) is 34.4 Å². The third-order valence-electron chi connectivity index (χ3n) is 10.8. The third-order valence-corrected chi connectivity index (χ3v) is 10.8. The molecule has 2 saturated heterocycles. The van der Waals surface area contributed by atoms with Gasteiger partial charge in [-0.2, -0.15) is 0 Å². The van der Waals surface area contributed by atoms with Crippen molar-refractivity contribution < 1.29 is 29.2 Å². The lowest BCUT2D eigenvalue weighted by atomic mass is 9.65. The quantitative estimate of drug-likeness (QED) is 0.277. The van der Waals surface area contributed by atoms with E-state index in [4.69, 9.17) is 18.9 Å². The lowest BCUT2D eigenvalue weighted by molar-refractivity contribution is -0.362. The molecule has 6 heteroatoms. The second-order valence-corrected chi connectivity index (χ2v) is 16.5. The Kier molecular flexibility index (Phi) is 10.5. The van der Waals surface area contributed by atoms with Gasteiger partial charge in [0, 0.05) is 10.8 Å². The average Bonchev–Trinajstić information content (AvgIpc) is 2.96. The van der Waals surface area contributed by atoms with E-state index in [-0.39, 0.29) is 35.6 Å². The van der Waals surface area contributed by atoms with E-state index in [1.165, 1.54) is 22.3 Å². The van der Waals surface area contributed by atoms with Gasteiger partial charge in [0.05, 0.1) is 44.6 Å². The first-order chi connectivity index (χ1) is 19.3. The largest absolute Gasteiger partial charge is 0.396 e. The summed E-state index contributed by atoms with van der Waals surface area (Å²) in [5.41, 5.74) is 3.27. The lowest BCUT2D eigenvalue weighted by Crippen LogP contribution is -2.58. The van der Waals surface area contributed by atoms with Gasteiger partial charge in [-0.3, -0.25) is 0 Å². The fourth-order valence-corrected chi connectivity index (χ4v) is 5.85. The Labute approximate surface area is 256 Å². The molecule has 0 saturated carbocycles. The first-order valence-corrected chi connectivity index (χ1v) is 16.2. The van der Waals surface area contributed by atoms with Crippen LogP contribution >= 0.6 is 0 Å². The smallest absolute Gasteiger partial charge is 0.165 e. The van der Waals surface area contributed by atoms with Crippen LogP contribution in [0.5, 0.6) is 0 Å². The van der Waals surface area contributed by atoms with Crippen LogP contribution in [0.2, 0.25) is 0 Å². The Balaban J connectivity index is 2.36. The van der Waals surface area contributed by atoms with E-state index < -0.39 is 28.8 Å². The van der Waals surface area contributed by atoms with Crippen LogP contribution in [0.25, 0.3) is 0 Å². The topological polar surface area (TPSA) is 77.4 Å². The van der Waals surface area contributed by atoms with Gasteiger partial charge in [-0.1, -0.05) is 102 Å². The minimum atomic E-state index is -0.595. The molecule has 0 bridgehead atoms. The summed E-state index contributed by atoms with van der Waals surface area (Å²) in [6.45, 7) is 29.8. The van der Waals surface area contributed by atoms with Crippen LogP contribution in [0, 0.1) is 16.2 Å². The van der Waals surface area contributed by atoms with E-state index in [1.54, 1.807) is 0 Å². The maximum absolute atomic E-state index is 10.3. The van der Waals surface area contributed by atoms with E-state index >= 15 is 0 Å². The minimum Gasteiger partial charge on any atom is -0.396 e. The zero-order chi connectivity index (χ0) is 31.9. The molecule has 0 aliphatic carbocycles. The van der Waals surface area contributed by atoms with Gasteiger partial charge in [-0.05, 0) is 57.8 Å². The second kappa shape index (κ2) is 12.4. The average molecular weight is 591 g/mol. The highest BCUT2D eigenvalue weighted by Crippen LogP contribution is 2.54. The first-order valence-electron chi connectivity index (χ1n) is 16.2. The van der Waals surface area contributed by atoms with Gasteiger partial charge < -0.3 is 29.2 Å². The summed E-state index contributed by atoms with van der Waals surface area (Å²) in [6.07, 6.45) is 1.50. The molecule has 6 nitrogen and oxygen atoms in total. The van der Waals surface area contributed by atoms with Crippen LogP contribution in [0.3, 0.4) is 0 Å². The van der Waals surface area contributed by atoms with Gasteiger partial charge in [-0.15, -0.1) is 0 Å². The van der Waals surface area contributed by atoms with E-state index in [1.807, 2.05) is 27.7 Å². The SMILES string of the molecule is CCC(C)(C)c1cc(C(C)(C)CC)c(C2OC(C(C)(C)CO)OCC23COC(C(C)(C)CO)OC3)c(C(C)(C)CC)c1. The van der Waals surface area contributed by atoms with Crippen molar-refractivity contribution in [1.29, 1.82) is 0 Å². The molecule has 2 fully saturated rings. The third kappa shape index (κ3) is 6.65. The number of hydrogen-bond acceptors (Lipinski definition) is 6. The van der Waals surface area contributed by atoms with Crippen molar-refractivity contribution >= 4 is 0 Å². The van der Waals surface area contributed by atoms with Gasteiger partial charge in [0.1, 0.15) is 0 Å². The Morgan fingerprint density at radius 2 is 1.02 bits per heavy atom. The number of hydrogen-bond donors (Lipinski definition) is 2. The molecule has 0 radical (unpaired) electrons. The molecule has 2 heterocycles. The molecule has 1 spiro atoms. The van der Waals surface area contributed by atoms with Crippen LogP contribution in [-0.4, -0.2) is 55.8 Å². The van der Waals surface area contributed by atoms with E-state index in [0.29, 0.717) is 19.8 Å². The highest BCUT2D eigenvalue weighted by atomic mass is 16.7. The molecule has 0 aromatic heterocycles. The number of benzene rings is 1. The Morgan fingerprint density at radius 1 is 0.643 bits per heavy atom. The highest BCUT2D eigenvalue weighted by molar-refractivity contribution is 5.50. The monoisotopic (exact) mass is 590 g/mol. The van der Waals surface area contributed by atoms with Crippen molar-refractivity contribution in [3.63, 3.8) is 0 Å². The number of ether oxygens (including phenoxy) is 4. The second-order valence-electron chi connectivity index (χ2n) is 16.5. The van der Waals surface area contributed by atoms with Crippen molar-refractivity contribution in [2.75, 3.05) is 33.0 Å². The summed E-state index contributed by atoms with van der Waals surface area (Å²) in [5, 5.41) is 20.3. The zero-order valence-electron chi connectivity index (χ0n) is 29.1. The molecule has 42 heavy (non-hydrogen) atoms. The van der Waals surface area contributed by atoms with Gasteiger partial charge in [0.15, 0.2) is 12.6 Å². The predicted octanol–water partition coefficient (Wildman–Crippen LogP) is 7.56. The summed E-state index contributed by atoms with van der Waals surface area (Å²) < 4.78 is 26.4. The summed E-state index contributed by atoms with van der Waals surface area (Å²) in [6, 6.07) is 4.89. The normalized spacial score (nSPS) is 26.6. The maximum atomic E-state index is 10.3. The van der Waals surface area contributed by atoms with Crippen LogP contribution < -0.4 is 0 Å². The van der Waals surface area contributed by atoms with Crippen molar-refractivity contribution in [2.24, 2.45) is 16.2 Å². The van der Waals surface area contributed by atoms with Crippen molar-refractivity contribution in [2.45, 2.75) is 144 Å². The number of aliphatic hydroxyl groups excluding tert-OH is 2. The molecule has 2 aliphatic rings. The molecule has 1 aromatic carbocycles. The summed E-state index contributed by atoms with van der Waals surface area (Å²) >= 11 is 0. The minimum absolute atomic E-state index is 0.0193. The summed E-state index contributed by atoms with van der Waals surface area (Å²) in [5.74, 6) is 0. The fourth-order valence-electron chi connectivity index (χ4n) is 5.85. The van der Waals surface area contributed by atoms with Crippen LogP contribution in [0.1, 0.15) is 138 Å². The highest BCUT2D eigenvalue weighted by Gasteiger charge is 2.55. The molecule has 242 valence electrons. The molecule has 1 aromatic rings.